The minimum atomic E-state index is -4.28. The average Bonchev–Trinajstić information content (AvgIpc) is 3.03. The van der Waals surface area contributed by atoms with E-state index >= 15 is 0 Å². The van der Waals surface area contributed by atoms with E-state index in [0.717, 1.165) is 30.5 Å². The van der Waals surface area contributed by atoms with E-state index in [4.69, 9.17) is 0 Å². The van der Waals surface area contributed by atoms with Gasteiger partial charge in [0.15, 0.2) is 0 Å². The fourth-order valence-electron chi connectivity index (χ4n) is 4.22. The molecular weight excluding hydrogens is 299 g/mol. The van der Waals surface area contributed by atoms with Gasteiger partial charge >= 0.3 is 6.18 Å². The molecule has 0 spiro atoms. The fourth-order valence-corrected chi connectivity index (χ4v) is 4.22. The molecule has 0 amide bonds. The van der Waals surface area contributed by atoms with Crippen LogP contribution in [0.2, 0.25) is 0 Å². The van der Waals surface area contributed by atoms with Gasteiger partial charge in [-0.2, -0.15) is 13.2 Å². The highest BCUT2D eigenvalue weighted by atomic mass is 19.4. The van der Waals surface area contributed by atoms with Crippen LogP contribution in [0.4, 0.5) is 18.9 Å². The minimum absolute atomic E-state index is 0.188. The van der Waals surface area contributed by atoms with E-state index in [9.17, 15) is 13.2 Å². The molecule has 0 bridgehead atoms. The van der Waals surface area contributed by atoms with E-state index < -0.39 is 11.7 Å². The number of hydrogen-bond acceptors (Lipinski definition) is 1. The van der Waals surface area contributed by atoms with Crippen molar-refractivity contribution in [3.63, 3.8) is 0 Å². The van der Waals surface area contributed by atoms with Crippen LogP contribution in [0.25, 0.3) is 0 Å². The maximum Gasteiger partial charge on any atom is 0.416 e. The minimum Gasteiger partial charge on any atom is -0.378 e. The summed E-state index contributed by atoms with van der Waals surface area (Å²) in [7, 11) is 0. The zero-order valence-electron chi connectivity index (χ0n) is 12.6. The number of anilines is 1. The van der Waals surface area contributed by atoms with Crippen molar-refractivity contribution in [2.24, 2.45) is 5.92 Å². The van der Waals surface area contributed by atoms with Crippen LogP contribution in [0.1, 0.15) is 47.9 Å². The van der Waals surface area contributed by atoms with Crippen molar-refractivity contribution in [1.82, 2.24) is 0 Å². The van der Waals surface area contributed by atoms with Crippen molar-refractivity contribution < 1.29 is 13.2 Å². The number of halogens is 3. The van der Waals surface area contributed by atoms with Gasteiger partial charge in [0.05, 0.1) is 11.6 Å². The largest absolute Gasteiger partial charge is 0.416 e. The Bertz CT molecular complexity index is 708. The molecule has 2 aromatic rings. The topological polar surface area (TPSA) is 12.0 Å². The molecule has 0 radical (unpaired) electrons. The number of rotatable bonds is 1. The molecule has 23 heavy (non-hydrogen) atoms. The van der Waals surface area contributed by atoms with E-state index in [1.165, 1.54) is 17.7 Å². The molecule has 1 aliphatic carbocycles. The van der Waals surface area contributed by atoms with Gasteiger partial charge in [0.2, 0.25) is 0 Å². The van der Waals surface area contributed by atoms with Crippen LogP contribution < -0.4 is 5.32 Å². The summed E-state index contributed by atoms with van der Waals surface area (Å²) in [6.45, 7) is 0. The Hall–Kier alpha value is -1.97. The van der Waals surface area contributed by atoms with Gasteiger partial charge in [0.1, 0.15) is 0 Å². The first-order chi connectivity index (χ1) is 11.0. The zero-order chi connectivity index (χ0) is 16.0. The molecule has 1 fully saturated rings. The lowest BCUT2D eigenvalue weighted by Crippen LogP contribution is -2.29. The van der Waals surface area contributed by atoms with Crippen molar-refractivity contribution in [1.29, 1.82) is 0 Å². The van der Waals surface area contributed by atoms with Crippen LogP contribution in [-0.4, -0.2) is 0 Å². The number of hydrogen-bond donors (Lipinski definition) is 1. The molecule has 2 aromatic carbocycles. The zero-order valence-corrected chi connectivity index (χ0v) is 12.6. The Morgan fingerprint density at radius 2 is 1.74 bits per heavy atom. The molecule has 1 heterocycles. The first-order valence-electron chi connectivity index (χ1n) is 8.06. The Balaban J connectivity index is 1.77. The molecule has 4 heteroatoms. The standard InChI is InChI=1S/C19H18F3N/c20-19(21,22)13-9-10-17-16(11-13)14-7-4-8-15(14)18(23-17)12-5-2-1-3-6-12/h1-3,5-6,9-11,14-15,18,23H,4,7-8H2/t14-,15+,18-/m0/s1. The molecular formula is C19H18F3N. The summed E-state index contributed by atoms with van der Waals surface area (Å²) < 4.78 is 39.1. The molecule has 0 unspecified atom stereocenters. The molecule has 120 valence electrons. The Morgan fingerprint density at radius 1 is 0.957 bits per heavy atom. The predicted molar refractivity (Wildman–Crippen MR) is 84.3 cm³/mol. The number of alkyl halides is 3. The van der Waals surface area contributed by atoms with Gasteiger partial charge in [-0.1, -0.05) is 36.8 Å². The molecule has 1 aliphatic heterocycles. The lowest BCUT2D eigenvalue weighted by molar-refractivity contribution is -0.137. The third kappa shape index (κ3) is 2.50. The second-order valence-corrected chi connectivity index (χ2v) is 6.53. The van der Waals surface area contributed by atoms with Gasteiger partial charge in [-0.25, -0.2) is 0 Å². The van der Waals surface area contributed by atoms with Crippen LogP contribution in [0.3, 0.4) is 0 Å². The second kappa shape index (κ2) is 5.29. The third-order valence-electron chi connectivity index (χ3n) is 5.25. The predicted octanol–water partition coefficient (Wildman–Crippen LogP) is 5.76. The smallest absolute Gasteiger partial charge is 0.378 e. The van der Waals surface area contributed by atoms with E-state index in [1.807, 2.05) is 18.2 Å². The monoisotopic (exact) mass is 317 g/mol. The molecule has 0 aromatic heterocycles. The van der Waals surface area contributed by atoms with Crippen molar-refractivity contribution in [3.05, 3.63) is 65.2 Å². The highest BCUT2D eigenvalue weighted by molar-refractivity contribution is 5.59. The summed E-state index contributed by atoms with van der Waals surface area (Å²) in [6.07, 6.45) is -1.16. The number of fused-ring (bicyclic) bond motifs is 3. The molecule has 4 rings (SSSR count). The maximum atomic E-state index is 13.0. The number of benzene rings is 2. The first kappa shape index (κ1) is 14.6. The first-order valence-corrected chi connectivity index (χ1v) is 8.06. The van der Waals surface area contributed by atoms with Gasteiger partial charge in [0.25, 0.3) is 0 Å². The van der Waals surface area contributed by atoms with Crippen molar-refractivity contribution in [3.8, 4) is 0 Å². The molecule has 1 nitrogen and oxygen atoms in total. The SMILES string of the molecule is FC(F)(F)c1ccc2c(c1)[C@H]1CCC[C@H]1[C@H](c1ccccc1)N2. The normalized spacial score (nSPS) is 26.3. The van der Waals surface area contributed by atoms with Gasteiger partial charge in [-0.05, 0) is 54.0 Å². The van der Waals surface area contributed by atoms with Crippen molar-refractivity contribution in [2.45, 2.75) is 37.4 Å². The Morgan fingerprint density at radius 3 is 2.48 bits per heavy atom. The van der Waals surface area contributed by atoms with Crippen LogP contribution in [-0.2, 0) is 6.18 Å². The van der Waals surface area contributed by atoms with E-state index in [2.05, 4.69) is 17.4 Å². The highest BCUT2D eigenvalue weighted by Gasteiger charge is 2.41. The van der Waals surface area contributed by atoms with Gasteiger partial charge in [-0.3, -0.25) is 0 Å². The second-order valence-electron chi connectivity index (χ2n) is 6.53. The lowest BCUT2D eigenvalue weighted by atomic mass is 9.77. The summed E-state index contributed by atoms with van der Waals surface area (Å²) in [5.41, 5.74) is 2.38. The molecule has 3 atom stereocenters. The number of nitrogens with one attached hydrogen (secondary N) is 1. The van der Waals surface area contributed by atoms with Crippen molar-refractivity contribution >= 4 is 5.69 Å². The highest BCUT2D eigenvalue weighted by Crippen LogP contribution is 2.53. The average molecular weight is 317 g/mol. The molecule has 1 saturated carbocycles. The van der Waals surface area contributed by atoms with Crippen molar-refractivity contribution in [2.75, 3.05) is 5.32 Å². The van der Waals surface area contributed by atoms with Crippen LogP contribution in [0.5, 0.6) is 0 Å². The van der Waals surface area contributed by atoms with Crippen LogP contribution in [0.15, 0.2) is 48.5 Å². The summed E-state index contributed by atoms with van der Waals surface area (Å²) in [4.78, 5) is 0. The van der Waals surface area contributed by atoms with Gasteiger partial charge in [-0.15, -0.1) is 0 Å². The van der Waals surface area contributed by atoms with Gasteiger partial charge in [0, 0.05) is 5.69 Å². The maximum absolute atomic E-state index is 13.0. The Labute approximate surface area is 133 Å². The fraction of sp³-hybridized carbons (Fsp3) is 0.368. The van der Waals surface area contributed by atoms with Gasteiger partial charge < -0.3 is 5.32 Å². The lowest BCUT2D eigenvalue weighted by Gasteiger charge is -2.38. The van der Waals surface area contributed by atoms with Crippen LogP contribution in [0, 0.1) is 5.92 Å². The summed E-state index contributed by atoms with van der Waals surface area (Å²) in [5.74, 6) is 0.590. The van der Waals surface area contributed by atoms with E-state index in [1.54, 1.807) is 6.07 Å². The van der Waals surface area contributed by atoms with E-state index in [0.29, 0.717) is 5.92 Å². The molecule has 1 N–H and O–H groups in total. The summed E-state index contributed by atoms with van der Waals surface area (Å²) in [5, 5.41) is 3.50. The van der Waals surface area contributed by atoms with E-state index in [-0.39, 0.29) is 12.0 Å². The Kier molecular flexibility index (Phi) is 3.36. The van der Waals surface area contributed by atoms with Crippen LogP contribution >= 0.6 is 0 Å². The molecule has 0 saturated heterocycles. The molecule has 2 aliphatic rings. The quantitative estimate of drug-likeness (QED) is 0.705. The summed E-state index contributed by atoms with van der Waals surface area (Å²) >= 11 is 0. The summed E-state index contributed by atoms with van der Waals surface area (Å²) in [6, 6.07) is 14.5. The third-order valence-corrected chi connectivity index (χ3v) is 5.25.